The summed E-state index contributed by atoms with van der Waals surface area (Å²) in [6, 6.07) is 12.8. The van der Waals surface area contributed by atoms with Gasteiger partial charge in [-0.2, -0.15) is 0 Å². The third-order valence-corrected chi connectivity index (χ3v) is 6.13. The highest BCUT2D eigenvalue weighted by atomic mass is 16.7. The van der Waals surface area contributed by atoms with E-state index in [1.165, 1.54) is 21.3 Å². The number of carbonyl (C=O) groups is 1. The van der Waals surface area contributed by atoms with Gasteiger partial charge in [0.05, 0.1) is 32.7 Å². The molecule has 11 nitrogen and oxygen atoms in total. The zero-order valence-electron chi connectivity index (χ0n) is 20.3. The lowest BCUT2D eigenvalue weighted by atomic mass is 10.1. The van der Waals surface area contributed by atoms with Crippen LogP contribution < -0.4 is 33.9 Å². The van der Waals surface area contributed by atoms with E-state index in [1.54, 1.807) is 17.0 Å². The Morgan fingerprint density at radius 1 is 0.861 bits per heavy atom. The van der Waals surface area contributed by atoms with Gasteiger partial charge in [0.2, 0.25) is 12.5 Å². The fourth-order valence-electron chi connectivity index (χ4n) is 4.20. The number of urea groups is 1. The largest absolute Gasteiger partial charge is 0.493 e. The molecule has 3 aromatic rings. The summed E-state index contributed by atoms with van der Waals surface area (Å²) in [5, 5.41) is 11.7. The Balaban J connectivity index is 1.19. The number of nitrogens with one attached hydrogen (secondary N) is 1. The summed E-state index contributed by atoms with van der Waals surface area (Å²) in [6.07, 6.45) is 0. The zero-order chi connectivity index (χ0) is 25.1. The maximum Gasteiger partial charge on any atom is 0.321 e. The van der Waals surface area contributed by atoms with Crippen LogP contribution in [0.4, 0.5) is 16.3 Å². The molecule has 5 rings (SSSR count). The number of carbonyl (C=O) groups excluding carboxylic acids is 1. The standard InChI is InChI=1S/C25H27N5O6/c1-32-21-13-17(14-22(33-2)24(21)34-3)26-25(31)30-10-8-29(9-11-30)23-7-5-18(27-28-23)16-4-6-19-20(12-16)36-15-35-19/h4-7,12-14H,8-11,15H2,1-3H3,(H,26,31). The number of anilines is 2. The third kappa shape index (κ3) is 4.59. The minimum absolute atomic E-state index is 0.201. The van der Waals surface area contributed by atoms with E-state index in [4.69, 9.17) is 23.7 Å². The zero-order valence-corrected chi connectivity index (χ0v) is 20.3. The van der Waals surface area contributed by atoms with Crippen LogP contribution in [0.5, 0.6) is 28.7 Å². The lowest BCUT2D eigenvalue weighted by Crippen LogP contribution is -2.50. The Morgan fingerprint density at radius 3 is 2.22 bits per heavy atom. The first-order chi connectivity index (χ1) is 17.6. The predicted molar refractivity (Wildman–Crippen MR) is 132 cm³/mol. The van der Waals surface area contributed by atoms with E-state index in [0.29, 0.717) is 54.9 Å². The van der Waals surface area contributed by atoms with E-state index in [1.807, 2.05) is 30.3 Å². The maximum absolute atomic E-state index is 12.9. The van der Waals surface area contributed by atoms with Gasteiger partial charge in [0.1, 0.15) is 0 Å². The molecule has 0 aliphatic carbocycles. The van der Waals surface area contributed by atoms with Crippen LogP contribution in [-0.2, 0) is 0 Å². The van der Waals surface area contributed by atoms with Crippen LogP contribution in [0.15, 0.2) is 42.5 Å². The third-order valence-electron chi connectivity index (χ3n) is 6.13. The van der Waals surface area contributed by atoms with Crippen molar-refractivity contribution < 1.29 is 28.5 Å². The number of amides is 2. The highest BCUT2D eigenvalue weighted by molar-refractivity contribution is 5.90. The van der Waals surface area contributed by atoms with Crippen LogP contribution in [0, 0.1) is 0 Å². The highest BCUT2D eigenvalue weighted by Gasteiger charge is 2.23. The molecule has 0 atom stereocenters. The van der Waals surface area contributed by atoms with Crippen molar-refractivity contribution in [2.24, 2.45) is 0 Å². The molecule has 188 valence electrons. The quantitative estimate of drug-likeness (QED) is 0.554. The first kappa shape index (κ1) is 23.3. The second-order valence-electron chi connectivity index (χ2n) is 8.16. The first-order valence-electron chi connectivity index (χ1n) is 11.4. The van der Waals surface area contributed by atoms with Gasteiger partial charge in [0.15, 0.2) is 28.8 Å². The van der Waals surface area contributed by atoms with Crippen molar-refractivity contribution >= 4 is 17.5 Å². The smallest absolute Gasteiger partial charge is 0.321 e. The van der Waals surface area contributed by atoms with Crippen molar-refractivity contribution in [1.82, 2.24) is 15.1 Å². The van der Waals surface area contributed by atoms with Gasteiger partial charge in [0.25, 0.3) is 0 Å². The van der Waals surface area contributed by atoms with Gasteiger partial charge in [-0.15, -0.1) is 10.2 Å². The molecule has 1 fully saturated rings. The average Bonchev–Trinajstić information content (AvgIpc) is 3.40. The summed E-state index contributed by atoms with van der Waals surface area (Å²) in [7, 11) is 4.60. The second-order valence-corrected chi connectivity index (χ2v) is 8.16. The van der Waals surface area contributed by atoms with Crippen LogP contribution in [0.2, 0.25) is 0 Å². The van der Waals surface area contributed by atoms with Crippen LogP contribution >= 0.6 is 0 Å². The summed E-state index contributed by atoms with van der Waals surface area (Å²) in [6.45, 7) is 2.60. The van der Waals surface area contributed by atoms with E-state index in [9.17, 15) is 4.79 Å². The number of nitrogens with zero attached hydrogens (tertiary/aromatic N) is 4. The monoisotopic (exact) mass is 493 g/mol. The summed E-state index contributed by atoms with van der Waals surface area (Å²) in [5.41, 5.74) is 2.22. The maximum atomic E-state index is 12.9. The SMILES string of the molecule is COc1cc(NC(=O)N2CCN(c3ccc(-c4ccc5c(c4)OCO5)nn3)CC2)cc(OC)c1OC. The summed E-state index contributed by atoms with van der Waals surface area (Å²) in [4.78, 5) is 16.8. The summed E-state index contributed by atoms with van der Waals surface area (Å²) >= 11 is 0. The minimum Gasteiger partial charge on any atom is -0.493 e. The van der Waals surface area contributed by atoms with Gasteiger partial charge in [-0.05, 0) is 30.3 Å². The molecule has 1 aromatic heterocycles. The number of fused-ring (bicyclic) bond motifs is 1. The number of aromatic nitrogens is 2. The molecule has 0 bridgehead atoms. The minimum atomic E-state index is -0.201. The molecule has 2 aliphatic rings. The number of benzene rings is 2. The van der Waals surface area contributed by atoms with Crippen LogP contribution in [-0.4, -0.2) is 75.4 Å². The average molecular weight is 494 g/mol. The van der Waals surface area contributed by atoms with Gasteiger partial charge in [0, 0.05) is 43.9 Å². The number of ether oxygens (including phenoxy) is 5. The Hall–Kier alpha value is -4.41. The molecule has 3 heterocycles. The molecule has 2 aromatic carbocycles. The molecule has 36 heavy (non-hydrogen) atoms. The molecule has 2 aliphatic heterocycles. The molecule has 0 radical (unpaired) electrons. The van der Waals surface area contributed by atoms with Crippen molar-refractivity contribution in [3.63, 3.8) is 0 Å². The molecule has 0 saturated carbocycles. The van der Waals surface area contributed by atoms with Crippen molar-refractivity contribution in [2.75, 3.05) is 64.5 Å². The van der Waals surface area contributed by atoms with Gasteiger partial charge >= 0.3 is 6.03 Å². The van der Waals surface area contributed by atoms with Gasteiger partial charge in [-0.1, -0.05) is 0 Å². The highest BCUT2D eigenvalue weighted by Crippen LogP contribution is 2.40. The lowest BCUT2D eigenvalue weighted by molar-refractivity contribution is 0.174. The van der Waals surface area contributed by atoms with Gasteiger partial charge in [-0.3, -0.25) is 0 Å². The van der Waals surface area contributed by atoms with Crippen molar-refractivity contribution in [1.29, 1.82) is 0 Å². The lowest BCUT2D eigenvalue weighted by Gasteiger charge is -2.35. The van der Waals surface area contributed by atoms with Crippen LogP contribution in [0.3, 0.4) is 0 Å². The molecule has 0 spiro atoms. The van der Waals surface area contributed by atoms with Crippen LogP contribution in [0.25, 0.3) is 11.3 Å². The Morgan fingerprint density at radius 2 is 1.58 bits per heavy atom. The van der Waals surface area contributed by atoms with E-state index in [2.05, 4.69) is 20.4 Å². The number of piperazine rings is 1. The number of hydrogen-bond donors (Lipinski definition) is 1. The topological polar surface area (TPSA) is 108 Å². The molecule has 0 unspecified atom stereocenters. The molecule has 1 saturated heterocycles. The Kier molecular flexibility index (Phi) is 6.52. The van der Waals surface area contributed by atoms with Crippen molar-refractivity contribution in [3.05, 3.63) is 42.5 Å². The van der Waals surface area contributed by atoms with Gasteiger partial charge < -0.3 is 38.8 Å². The molecule has 1 N–H and O–H groups in total. The molecule has 2 amide bonds. The predicted octanol–water partition coefficient (Wildman–Crippen LogP) is 3.25. The molecular formula is C25H27N5O6. The molecular weight excluding hydrogens is 466 g/mol. The Labute approximate surface area is 208 Å². The first-order valence-corrected chi connectivity index (χ1v) is 11.4. The Bertz CT molecular complexity index is 1220. The van der Waals surface area contributed by atoms with Gasteiger partial charge in [-0.25, -0.2) is 4.79 Å². The number of rotatable bonds is 6. The fraction of sp³-hybridized carbons (Fsp3) is 0.320. The normalized spacial score (nSPS) is 14.4. The van der Waals surface area contributed by atoms with Crippen LogP contribution in [0.1, 0.15) is 0 Å². The summed E-state index contributed by atoms with van der Waals surface area (Å²) < 4.78 is 26.9. The number of hydrogen-bond acceptors (Lipinski definition) is 9. The van der Waals surface area contributed by atoms with E-state index >= 15 is 0 Å². The van der Waals surface area contributed by atoms with Crippen molar-refractivity contribution in [2.45, 2.75) is 0 Å². The van der Waals surface area contributed by atoms with E-state index < -0.39 is 0 Å². The fourth-order valence-corrected chi connectivity index (χ4v) is 4.20. The van der Waals surface area contributed by atoms with E-state index in [0.717, 1.165) is 22.8 Å². The van der Waals surface area contributed by atoms with E-state index in [-0.39, 0.29) is 12.8 Å². The summed E-state index contributed by atoms with van der Waals surface area (Å²) in [5.74, 6) is 3.62. The second kappa shape index (κ2) is 10.1. The molecule has 11 heteroatoms. The van der Waals surface area contributed by atoms with Crippen molar-refractivity contribution in [3.8, 4) is 40.0 Å². The number of methoxy groups -OCH3 is 3.